The highest BCUT2D eigenvalue weighted by molar-refractivity contribution is 5.76. The predicted molar refractivity (Wildman–Crippen MR) is 106 cm³/mol. The molecule has 2 aliphatic heterocycles. The van der Waals surface area contributed by atoms with E-state index in [0.29, 0.717) is 31.0 Å². The summed E-state index contributed by atoms with van der Waals surface area (Å²) in [5, 5.41) is 11.2. The van der Waals surface area contributed by atoms with E-state index in [9.17, 15) is 18.0 Å². The Labute approximate surface area is 180 Å². The Morgan fingerprint density at radius 3 is 2.81 bits per heavy atom. The van der Waals surface area contributed by atoms with Crippen molar-refractivity contribution in [3.63, 3.8) is 0 Å². The van der Waals surface area contributed by atoms with Crippen LogP contribution >= 0.6 is 0 Å². The van der Waals surface area contributed by atoms with Crippen LogP contribution < -0.4 is 11.1 Å². The van der Waals surface area contributed by atoms with Gasteiger partial charge in [-0.2, -0.15) is 18.3 Å². The molecule has 3 aromatic heterocycles. The molecule has 1 fully saturated rings. The summed E-state index contributed by atoms with van der Waals surface area (Å²) in [5.41, 5.74) is 6.35. The molecular formula is C20H20F3N7O2. The van der Waals surface area contributed by atoms with Gasteiger partial charge in [-0.15, -0.1) is 0 Å². The highest BCUT2D eigenvalue weighted by Crippen LogP contribution is 2.44. The lowest BCUT2D eigenvalue weighted by atomic mass is 9.76. The summed E-state index contributed by atoms with van der Waals surface area (Å²) >= 11 is 0. The number of hydrogen-bond donors (Lipinski definition) is 2. The number of likely N-dealkylation sites (tertiary alicyclic amines) is 1. The topological polar surface area (TPSA) is 115 Å². The Balaban J connectivity index is 1.32. The maximum absolute atomic E-state index is 13.2. The second kappa shape index (κ2) is 6.97. The second-order valence-electron chi connectivity index (χ2n) is 8.27. The molecule has 32 heavy (non-hydrogen) atoms. The van der Waals surface area contributed by atoms with Gasteiger partial charge >= 0.3 is 12.2 Å². The standard InChI is InChI=1S/C20H20F3N7O2/c1-11(14-2-5-32-28-14)26-18(31)29-9-19(10-29)3-4-30-16(19)7-15(27-30)12-6-13(20(21,22)23)17(24)25-8-12/h2,5-8,11H,3-4,9-10H2,1H3,(H2,24,25)(H,26,31)/t11-/m1/s1. The number of hydrogen-bond acceptors (Lipinski definition) is 6. The average molecular weight is 447 g/mol. The highest BCUT2D eigenvalue weighted by Gasteiger charge is 2.51. The minimum Gasteiger partial charge on any atom is -0.383 e. The molecular weight excluding hydrogens is 427 g/mol. The van der Waals surface area contributed by atoms with Crippen LogP contribution in [0.25, 0.3) is 11.3 Å². The number of carbonyl (C=O) groups excluding carboxylic acids is 1. The maximum Gasteiger partial charge on any atom is 0.419 e. The van der Waals surface area contributed by atoms with Crippen molar-refractivity contribution in [1.82, 2.24) is 30.1 Å². The third kappa shape index (κ3) is 3.26. The normalized spacial score (nSPS) is 17.8. The number of nitrogens with zero attached hydrogens (tertiary/aromatic N) is 5. The molecule has 2 aliphatic rings. The van der Waals surface area contributed by atoms with Gasteiger partial charge in [-0.1, -0.05) is 5.16 Å². The second-order valence-corrected chi connectivity index (χ2v) is 8.27. The van der Waals surface area contributed by atoms with Gasteiger partial charge in [0.05, 0.1) is 17.3 Å². The third-order valence-corrected chi connectivity index (χ3v) is 6.16. The first-order valence-electron chi connectivity index (χ1n) is 10.0. The van der Waals surface area contributed by atoms with Crippen molar-refractivity contribution >= 4 is 11.8 Å². The predicted octanol–water partition coefficient (Wildman–Crippen LogP) is 2.96. The lowest BCUT2D eigenvalue weighted by Gasteiger charge is -2.47. The Bertz CT molecular complexity index is 1170. The number of alkyl halides is 3. The molecule has 1 saturated heterocycles. The van der Waals surface area contributed by atoms with Crippen molar-refractivity contribution < 1.29 is 22.5 Å². The number of halogens is 3. The fourth-order valence-electron chi connectivity index (χ4n) is 4.39. The number of aromatic nitrogens is 4. The summed E-state index contributed by atoms with van der Waals surface area (Å²) < 4.78 is 46.2. The van der Waals surface area contributed by atoms with Crippen LogP contribution in [0.1, 0.15) is 36.3 Å². The largest absolute Gasteiger partial charge is 0.419 e. The number of aryl methyl sites for hydroxylation is 1. The molecule has 3 N–H and O–H groups in total. The summed E-state index contributed by atoms with van der Waals surface area (Å²) in [6.45, 7) is 3.46. The van der Waals surface area contributed by atoms with Gasteiger partial charge in [0.1, 0.15) is 17.8 Å². The molecule has 5 heterocycles. The zero-order valence-corrected chi connectivity index (χ0v) is 17.1. The van der Waals surface area contributed by atoms with Crippen LogP contribution in [0.4, 0.5) is 23.8 Å². The van der Waals surface area contributed by atoms with Gasteiger partial charge in [0.15, 0.2) is 0 Å². The molecule has 0 unspecified atom stereocenters. The van der Waals surface area contributed by atoms with E-state index >= 15 is 0 Å². The SMILES string of the molecule is C[C@@H](NC(=O)N1CC2(CCn3nc(-c4cnc(N)c(C(F)(F)F)c4)cc32)C1)c1ccon1. The van der Waals surface area contributed by atoms with E-state index in [1.54, 1.807) is 21.7 Å². The van der Waals surface area contributed by atoms with Gasteiger partial charge < -0.3 is 20.5 Å². The van der Waals surface area contributed by atoms with Crippen LogP contribution in [0.2, 0.25) is 0 Å². The average Bonchev–Trinajstić information content (AvgIpc) is 3.42. The first-order valence-corrected chi connectivity index (χ1v) is 10.0. The van der Waals surface area contributed by atoms with Gasteiger partial charge in [-0.05, 0) is 25.5 Å². The van der Waals surface area contributed by atoms with E-state index in [2.05, 4.69) is 20.6 Å². The minimum atomic E-state index is -4.60. The van der Waals surface area contributed by atoms with E-state index in [0.717, 1.165) is 18.2 Å². The number of nitrogens with one attached hydrogen (secondary N) is 1. The molecule has 9 nitrogen and oxygen atoms in total. The lowest BCUT2D eigenvalue weighted by Crippen LogP contribution is -2.62. The molecule has 5 rings (SSSR count). The first-order chi connectivity index (χ1) is 15.2. The Morgan fingerprint density at radius 2 is 2.12 bits per heavy atom. The van der Waals surface area contributed by atoms with Gasteiger partial charge in [0.25, 0.3) is 0 Å². The Hall–Kier alpha value is -3.57. The number of nitrogens with two attached hydrogens (primary N) is 1. The Morgan fingerprint density at radius 1 is 1.34 bits per heavy atom. The summed E-state index contributed by atoms with van der Waals surface area (Å²) in [7, 11) is 0. The number of pyridine rings is 1. The number of amides is 2. The van der Waals surface area contributed by atoms with E-state index in [4.69, 9.17) is 10.3 Å². The zero-order chi connectivity index (χ0) is 22.7. The highest BCUT2D eigenvalue weighted by atomic mass is 19.4. The van der Waals surface area contributed by atoms with Crippen molar-refractivity contribution in [3.05, 3.63) is 47.6 Å². The Kier molecular flexibility index (Phi) is 4.43. The zero-order valence-electron chi connectivity index (χ0n) is 17.1. The molecule has 2 amide bonds. The minimum absolute atomic E-state index is 0.207. The van der Waals surface area contributed by atoms with E-state index in [1.807, 2.05) is 6.92 Å². The van der Waals surface area contributed by atoms with E-state index in [-0.39, 0.29) is 23.1 Å². The van der Waals surface area contributed by atoms with E-state index < -0.39 is 17.6 Å². The van der Waals surface area contributed by atoms with Gasteiger partial charge in [0.2, 0.25) is 0 Å². The smallest absolute Gasteiger partial charge is 0.383 e. The molecule has 1 atom stereocenters. The summed E-state index contributed by atoms with van der Waals surface area (Å²) in [4.78, 5) is 18.0. The van der Waals surface area contributed by atoms with Crippen molar-refractivity contribution in [2.75, 3.05) is 18.8 Å². The van der Waals surface area contributed by atoms with Crippen LogP contribution in [0, 0.1) is 0 Å². The quantitative estimate of drug-likeness (QED) is 0.638. The lowest BCUT2D eigenvalue weighted by molar-refractivity contribution is -0.137. The fraction of sp³-hybridized carbons (Fsp3) is 0.400. The molecule has 0 aromatic carbocycles. The molecule has 0 radical (unpaired) electrons. The van der Waals surface area contributed by atoms with E-state index in [1.165, 1.54) is 12.5 Å². The molecule has 1 spiro atoms. The first kappa shape index (κ1) is 20.3. The van der Waals surface area contributed by atoms with Crippen molar-refractivity contribution in [2.45, 2.75) is 37.5 Å². The summed E-state index contributed by atoms with van der Waals surface area (Å²) in [6, 6.07) is 3.95. The monoisotopic (exact) mass is 447 g/mol. The maximum atomic E-state index is 13.2. The van der Waals surface area contributed by atoms with Crippen molar-refractivity contribution in [2.24, 2.45) is 0 Å². The van der Waals surface area contributed by atoms with Crippen LogP contribution in [0.5, 0.6) is 0 Å². The number of anilines is 1. The fourth-order valence-corrected chi connectivity index (χ4v) is 4.39. The third-order valence-electron chi connectivity index (χ3n) is 6.16. The van der Waals surface area contributed by atoms with Crippen molar-refractivity contribution in [3.8, 4) is 11.3 Å². The van der Waals surface area contributed by atoms with Crippen LogP contribution in [-0.2, 0) is 18.1 Å². The molecule has 0 saturated carbocycles. The van der Waals surface area contributed by atoms with Gasteiger partial charge in [-0.3, -0.25) is 4.68 Å². The van der Waals surface area contributed by atoms with Gasteiger partial charge in [-0.25, -0.2) is 9.78 Å². The molecule has 12 heteroatoms. The van der Waals surface area contributed by atoms with Crippen molar-refractivity contribution in [1.29, 1.82) is 0 Å². The summed E-state index contributed by atoms with van der Waals surface area (Å²) in [5.74, 6) is -0.565. The molecule has 3 aromatic rings. The number of carbonyl (C=O) groups is 1. The number of fused-ring (bicyclic) bond motifs is 2. The van der Waals surface area contributed by atoms with Gasteiger partial charge in [0, 0.05) is 48.6 Å². The number of nitrogen functional groups attached to an aromatic ring is 1. The number of rotatable bonds is 3. The molecule has 0 aliphatic carbocycles. The van der Waals surface area contributed by atoms with Crippen LogP contribution in [0.15, 0.2) is 35.2 Å². The summed E-state index contributed by atoms with van der Waals surface area (Å²) in [6.07, 6.45) is -1.04. The van der Waals surface area contributed by atoms with Crippen LogP contribution in [-0.4, -0.2) is 43.9 Å². The molecule has 168 valence electrons. The molecule has 0 bridgehead atoms. The number of urea groups is 1. The van der Waals surface area contributed by atoms with Crippen LogP contribution in [0.3, 0.4) is 0 Å².